The van der Waals surface area contributed by atoms with Gasteiger partial charge in [0, 0.05) is 39.5 Å². The van der Waals surface area contributed by atoms with Crippen LogP contribution in [0.3, 0.4) is 0 Å². The molecule has 1 N–H and O–H groups in total. The molecule has 2 aliphatic heterocycles. The number of fused-ring (bicyclic) bond motifs is 1. The number of amides is 6. The lowest BCUT2D eigenvalue weighted by molar-refractivity contribution is 0.0567. The van der Waals surface area contributed by atoms with Crippen LogP contribution in [-0.2, 0) is 0 Å². The minimum Gasteiger partial charge on any atom is -0.308 e. The third-order valence-electron chi connectivity index (χ3n) is 5.97. The van der Waals surface area contributed by atoms with Crippen LogP contribution in [0, 0.1) is 0 Å². The molecule has 0 aliphatic carbocycles. The van der Waals surface area contributed by atoms with Gasteiger partial charge in [-0.3, -0.25) is 14.7 Å². The fourth-order valence-corrected chi connectivity index (χ4v) is 4.67. The van der Waals surface area contributed by atoms with Gasteiger partial charge in [0.15, 0.2) is 6.29 Å². The molecule has 3 aromatic carbocycles. The van der Waals surface area contributed by atoms with Gasteiger partial charge < -0.3 is 5.32 Å². The van der Waals surface area contributed by atoms with E-state index in [4.69, 9.17) is 34.8 Å². The summed E-state index contributed by atoms with van der Waals surface area (Å²) >= 11 is 18.1. The molecule has 184 valence electrons. The minimum atomic E-state index is -0.976. The Morgan fingerprint density at radius 2 is 1.25 bits per heavy atom. The van der Waals surface area contributed by atoms with Gasteiger partial charge in [-0.2, -0.15) is 0 Å². The Kier molecular flexibility index (Phi) is 6.66. The van der Waals surface area contributed by atoms with Crippen LogP contribution in [0.15, 0.2) is 72.8 Å². The van der Waals surface area contributed by atoms with Crippen molar-refractivity contribution in [2.45, 2.75) is 12.7 Å². The smallest absolute Gasteiger partial charge is 0.308 e. The number of benzene rings is 3. The molecule has 0 radical (unpaired) electrons. The van der Waals surface area contributed by atoms with Crippen molar-refractivity contribution >= 4 is 70.0 Å². The summed E-state index contributed by atoms with van der Waals surface area (Å²) < 4.78 is 0. The second-order valence-corrected chi connectivity index (χ2v) is 9.56. The summed E-state index contributed by atoms with van der Waals surface area (Å²) in [6, 6.07) is 18.2. The molecule has 36 heavy (non-hydrogen) atoms. The number of carbonyl (C=O) groups is 3. The largest absolute Gasteiger partial charge is 0.340 e. The first-order valence-electron chi connectivity index (χ1n) is 11.1. The number of nitrogens with zero attached hydrogens (tertiary/aromatic N) is 4. The molecule has 2 fully saturated rings. The van der Waals surface area contributed by atoms with Crippen molar-refractivity contribution in [1.82, 2.24) is 9.80 Å². The Bertz CT molecular complexity index is 1300. The van der Waals surface area contributed by atoms with Crippen LogP contribution < -0.4 is 15.1 Å². The number of hydrogen-bond donors (Lipinski definition) is 1. The highest BCUT2D eigenvalue weighted by atomic mass is 35.5. The SMILES string of the molecule is O=C(Nc1ccc(Cl)cc1)N1CCCN2C(=O)N(c3ccc(Cl)cc3)C(=O)N(c3ccc(Cl)cc3)C12. The van der Waals surface area contributed by atoms with Crippen LogP contribution in [0.4, 0.5) is 31.4 Å². The van der Waals surface area contributed by atoms with E-state index in [1.807, 2.05) is 0 Å². The molecule has 1 atom stereocenters. The van der Waals surface area contributed by atoms with Gasteiger partial charge in [-0.1, -0.05) is 34.8 Å². The van der Waals surface area contributed by atoms with Crippen molar-refractivity contribution in [2.75, 3.05) is 28.2 Å². The van der Waals surface area contributed by atoms with Gasteiger partial charge in [-0.05, 0) is 79.2 Å². The van der Waals surface area contributed by atoms with E-state index >= 15 is 0 Å². The standard InChI is InChI=1S/C25H20Cl3N5O3/c26-16-2-8-19(9-3-16)29-22(34)30-14-1-15-31-23(30)32(20-10-4-17(27)5-11-20)25(36)33(24(31)35)21-12-6-18(28)7-13-21/h2-13,23H,1,14-15H2,(H,29,34). The predicted octanol–water partition coefficient (Wildman–Crippen LogP) is 6.74. The summed E-state index contributed by atoms with van der Waals surface area (Å²) in [5.41, 5.74) is 1.39. The lowest BCUT2D eigenvalue weighted by Crippen LogP contribution is -2.74. The van der Waals surface area contributed by atoms with E-state index in [1.54, 1.807) is 72.8 Å². The minimum absolute atomic E-state index is 0.339. The first-order valence-corrected chi connectivity index (χ1v) is 12.2. The highest BCUT2D eigenvalue weighted by Gasteiger charge is 2.50. The Morgan fingerprint density at radius 1 is 0.722 bits per heavy atom. The molecule has 8 nitrogen and oxygen atoms in total. The average Bonchev–Trinajstić information content (AvgIpc) is 2.87. The Morgan fingerprint density at radius 3 is 1.83 bits per heavy atom. The van der Waals surface area contributed by atoms with E-state index in [-0.39, 0.29) is 0 Å². The normalized spacial score (nSPS) is 17.8. The Labute approximate surface area is 222 Å². The maximum absolute atomic E-state index is 13.9. The van der Waals surface area contributed by atoms with Crippen LogP contribution in [0.5, 0.6) is 0 Å². The molecule has 0 saturated carbocycles. The van der Waals surface area contributed by atoms with Crippen molar-refractivity contribution in [1.29, 1.82) is 0 Å². The van der Waals surface area contributed by atoms with Crippen LogP contribution in [-0.4, -0.2) is 47.3 Å². The Balaban J connectivity index is 1.55. The maximum atomic E-state index is 13.9. The van der Waals surface area contributed by atoms with Crippen LogP contribution in [0.25, 0.3) is 0 Å². The van der Waals surface area contributed by atoms with E-state index in [0.29, 0.717) is 51.6 Å². The van der Waals surface area contributed by atoms with Gasteiger partial charge >= 0.3 is 18.1 Å². The lowest BCUT2D eigenvalue weighted by Gasteiger charge is -2.53. The summed E-state index contributed by atoms with van der Waals surface area (Å²) in [6.07, 6.45) is -0.441. The molecule has 0 spiro atoms. The number of rotatable bonds is 3. The van der Waals surface area contributed by atoms with Crippen LogP contribution in [0.1, 0.15) is 6.42 Å². The summed E-state index contributed by atoms with van der Waals surface area (Å²) in [7, 11) is 0. The van der Waals surface area contributed by atoms with Crippen LogP contribution in [0.2, 0.25) is 15.1 Å². The number of imide groups is 1. The maximum Gasteiger partial charge on any atom is 0.340 e. The first kappa shape index (κ1) is 24.2. The predicted molar refractivity (Wildman–Crippen MR) is 141 cm³/mol. The molecule has 2 aliphatic rings. The molecule has 6 amide bonds. The second kappa shape index (κ2) is 9.89. The van der Waals surface area contributed by atoms with Gasteiger partial charge in [-0.15, -0.1) is 0 Å². The van der Waals surface area contributed by atoms with Crippen molar-refractivity contribution < 1.29 is 14.4 Å². The van der Waals surface area contributed by atoms with Crippen molar-refractivity contribution in [2.24, 2.45) is 0 Å². The van der Waals surface area contributed by atoms with Crippen molar-refractivity contribution in [3.8, 4) is 0 Å². The van der Waals surface area contributed by atoms with E-state index < -0.39 is 24.4 Å². The Hall–Kier alpha value is -3.46. The zero-order valence-electron chi connectivity index (χ0n) is 18.8. The van der Waals surface area contributed by atoms with Crippen LogP contribution >= 0.6 is 34.8 Å². The molecule has 5 rings (SSSR count). The number of urea groups is 3. The number of carbonyl (C=O) groups excluding carboxylic acids is 3. The van der Waals surface area contributed by atoms with E-state index in [9.17, 15) is 14.4 Å². The molecule has 0 aromatic heterocycles. The highest BCUT2D eigenvalue weighted by Crippen LogP contribution is 2.34. The molecule has 2 heterocycles. The van der Waals surface area contributed by atoms with Gasteiger partial charge in [0.2, 0.25) is 0 Å². The molecule has 1 unspecified atom stereocenters. The quantitative estimate of drug-likeness (QED) is 0.397. The topological polar surface area (TPSA) is 76.2 Å². The molecule has 3 aromatic rings. The van der Waals surface area contributed by atoms with E-state index in [0.717, 1.165) is 4.90 Å². The number of nitrogens with one attached hydrogen (secondary N) is 1. The van der Waals surface area contributed by atoms with Gasteiger partial charge in [-0.25, -0.2) is 19.3 Å². The van der Waals surface area contributed by atoms with Gasteiger partial charge in [0.25, 0.3) is 0 Å². The zero-order valence-corrected chi connectivity index (χ0v) is 21.0. The fourth-order valence-electron chi connectivity index (χ4n) is 4.29. The number of anilines is 3. The van der Waals surface area contributed by atoms with Gasteiger partial charge in [0.05, 0.1) is 5.69 Å². The average molecular weight is 545 g/mol. The third kappa shape index (κ3) is 4.55. The first-order chi connectivity index (χ1) is 17.3. The number of halogens is 3. The summed E-state index contributed by atoms with van der Waals surface area (Å²) in [6.45, 7) is 0.696. The molecule has 0 bridgehead atoms. The molecular weight excluding hydrogens is 525 g/mol. The second-order valence-electron chi connectivity index (χ2n) is 8.25. The van der Waals surface area contributed by atoms with Crippen molar-refractivity contribution in [3.63, 3.8) is 0 Å². The summed E-state index contributed by atoms with van der Waals surface area (Å²) in [5.74, 6) is 0. The van der Waals surface area contributed by atoms with Crippen molar-refractivity contribution in [3.05, 3.63) is 87.9 Å². The monoisotopic (exact) mass is 543 g/mol. The summed E-state index contributed by atoms with van der Waals surface area (Å²) in [5, 5.41) is 4.34. The molecule has 11 heteroatoms. The van der Waals surface area contributed by atoms with E-state index in [2.05, 4.69) is 5.32 Å². The zero-order chi connectivity index (χ0) is 25.4. The third-order valence-corrected chi connectivity index (χ3v) is 6.72. The summed E-state index contributed by atoms with van der Waals surface area (Å²) in [4.78, 5) is 46.4. The lowest BCUT2D eigenvalue weighted by atomic mass is 10.2. The fraction of sp³-hybridized carbons (Fsp3) is 0.160. The molecular formula is C25H20Cl3N5O3. The number of hydrogen-bond acceptors (Lipinski definition) is 3. The van der Waals surface area contributed by atoms with E-state index in [1.165, 1.54) is 14.7 Å². The molecule has 2 saturated heterocycles. The highest BCUT2D eigenvalue weighted by molar-refractivity contribution is 6.31. The van der Waals surface area contributed by atoms with Gasteiger partial charge in [0.1, 0.15) is 0 Å².